The molecule has 3 heteroatoms. The second-order valence-corrected chi connectivity index (χ2v) is 4.48. The van der Waals surface area contributed by atoms with Crippen molar-refractivity contribution in [2.45, 2.75) is 19.1 Å². The van der Waals surface area contributed by atoms with Gasteiger partial charge < -0.3 is 14.9 Å². The summed E-state index contributed by atoms with van der Waals surface area (Å²) in [6, 6.07) is 16.6. The molecule has 2 N–H and O–H groups in total. The molecule has 0 bridgehead atoms. The van der Waals surface area contributed by atoms with E-state index >= 15 is 0 Å². The number of hydrogen-bond donors (Lipinski definition) is 2. The average molecular weight is 258 g/mol. The van der Waals surface area contributed by atoms with Crippen LogP contribution >= 0.6 is 0 Å². The molecule has 0 aliphatic heterocycles. The van der Waals surface area contributed by atoms with Crippen LogP contribution < -0.4 is 4.74 Å². The summed E-state index contributed by atoms with van der Waals surface area (Å²) < 4.78 is 5.53. The normalized spacial score (nSPS) is 13.8. The van der Waals surface area contributed by atoms with E-state index in [9.17, 15) is 10.2 Å². The van der Waals surface area contributed by atoms with Gasteiger partial charge in [-0.1, -0.05) is 42.5 Å². The highest BCUT2D eigenvalue weighted by Gasteiger charge is 2.08. The zero-order valence-electron chi connectivity index (χ0n) is 10.9. The molecule has 0 radical (unpaired) electrons. The molecule has 19 heavy (non-hydrogen) atoms. The largest absolute Gasteiger partial charge is 0.491 e. The highest BCUT2D eigenvalue weighted by Crippen LogP contribution is 2.19. The molecule has 0 amide bonds. The van der Waals surface area contributed by atoms with Gasteiger partial charge in [0.15, 0.2) is 0 Å². The van der Waals surface area contributed by atoms with Crippen LogP contribution in [-0.4, -0.2) is 16.8 Å². The molecule has 0 saturated heterocycles. The molecule has 3 nitrogen and oxygen atoms in total. The molecule has 0 saturated carbocycles. The van der Waals surface area contributed by atoms with Crippen LogP contribution in [0.3, 0.4) is 0 Å². The lowest BCUT2D eigenvalue weighted by molar-refractivity contribution is 0.108. The van der Waals surface area contributed by atoms with Gasteiger partial charge in [0.05, 0.1) is 6.10 Å². The molecule has 0 aliphatic rings. The van der Waals surface area contributed by atoms with Crippen molar-refractivity contribution in [2.24, 2.45) is 0 Å². The van der Waals surface area contributed by atoms with Crippen LogP contribution in [0.15, 0.2) is 54.6 Å². The van der Waals surface area contributed by atoms with E-state index in [0.29, 0.717) is 5.75 Å². The van der Waals surface area contributed by atoms with Crippen molar-refractivity contribution in [1.29, 1.82) is 0 Å². The Hall–Kier alpha value is -1.84. The molecule has 0 fully saturated rings. The first-order valence-corrected chi connectivity index (χ1v) is 6.30. The maximum Gasteiger partial charge on any atom is 0.119 e. The maximum absolute atomic E-state index is 9.96. The van der Waals surface area contributed by atoms with E-state index in [0.717, 1.165) is 11.1 Å². The summed E-state index contributed by atoms with van der Waals surface area (Å²) in [5, 5.41) is 19.4. The SMILES string of the molecule is C[C@@H](O)c1ccc(OCC(O)c2ccccc2)cc1. The summed E-state index contributed by atoms with van der Waals surface area (Å²) in [7, 11) is 0. The van der Waals surface area contributed by atoms with Gasteiger partial charge in [-0.05, 0) is 30.2 Å². The number of aliphatic hydroxyl groups excluding tert-OH is 2. The van der Waals surface area contributed by atoms with Crippen molar-refractivity contribution in [3.8, 4) is 5.75 Å². The minimum absolute atomic E-state index is 0.206. The number of aliphatic hydroxyl groups is 2. The summed E-state index contributed by atoms with van der Waals surface area (Å²) in [5.41, 5.74) is 1.68. The molecule has 100 valence electrons. The van der Waals surface area contributed by atoms with Crippen LogP contribution in [0.5, 0.6) is 5.75 Å². The molecule has 2 aromatic carbocycles. The van der Waals surface area contributed by atoms with Crippen LogP contribution in [0.2, 0.25) is 0 Å². The minimum Gasteiger partial charge on any atom is -0.491 e. The first-order chi connectivity index (χ1) is 9.16. The second kappa shape index (κ2) is 6.36. The van der Waals surface area contributed by atoms with Crippen molar-refractivity contribution in [3.05, 3.63) is 65.7 Å². The lowest BCUT2D eigenvalue weighted by atomic mass is 10.1. The number of rotatable bonds is 5. The molecule has 0 aromatic heterocycles. The Balaban J connectivity index is 1.92. The van der Waals surface area contributed by atoms with Gasteiger partial charge in [0.25, 0.3) is 0 Å². The molecular formula is C16H18O3. The minimum atomic E-state index is -0.641. The third-order valence-electron chi connectivity index (χ3n) is 2.95. The average Bonchev–Trinajstić information content (AvgIpc) is 2.46. The molecular weight excluding hydrogens is 240 g/mol. The van der Waals surface area contributed by atoms with E-state index in [2.05, 4.69) is 0 Å². The highest BCUT2D eigenvalue weighted by molar-refractivity contribution is 5.28. The van der Waals surface area contributed by atoms with Crippen molar-refractivity contribution < 1.29 is 14.9 Å². The van der Waals surface area contributed by atoms with Gasteiger partial charge in [-0.2, -0.15) is 0 Å². The van der Waals surface area contributed by atoms with Gasteiger partial charge in [0, 0.05) is 0 Å². The lowest BCUT2D eigenvalue weighted by Gasteiger charge is -2.13. The Labute approximate surface area is 113 Å². The van der Waals surface area contributed by atoms with Gasteiger partial charge in [-0.15, -0.1) is 0 Å². The Kier molecular flexibility index (Phi) is 4.55. The van der Waals surface area contributed by atoms with Crippen LogP contribution in [0.4, 0.5) is 0 Å². The first kappa shape index (κ1) is 13.6. The Bertz CT molecular complexity index is 491. The zero-order valence-corrected chi connectivity index (χ0v) is 10.9. The molecule has 0 aliphatic carbocycles. The Morgan fingerprint density at radius 3 is 2.11 bits per heavy atom. The summed E-state index contributed by atoms with van der Waals surface area (Å²) >= 11 is 0. The predicted molar refractivity (Wildman–Crippen MR) is 74.0 cm³/mol. The maximum atomic E-state index is 9.96. The van der Waals surface area contributed by atoms with Gasteiger partial charge >= 0.3 is 0 Å². The van der Waals surface area contributed by atoms with E-state index in [-0.39, 0.29) is 6.61 Å². The molecule has 0 heterocycles. The second-order valence-electron chi connectivity index (χ2n) is 4.48. The quantitative estimate of drug-likeness (QED) is 0.867. The standard InChI is InChI=1S/C16H18O3/c1-12(17)13-7-9-15(10-8-13)19-11-16(18)14-5-3-2-4-6-14/h2-10,12,16-18H,11H2,1H3/t12-,16?/m1/s1. The van der Waals surface area contributed by atoms with E-state index in [1.807, 2.05) is 42.5 Å². The monoisotopic (exact) mass is 258 g/mol. The third kappa shape index (κ3) is 3.81. The van der Waals surface area contributed by atoms with E-state index in [1.165, 1.54) is 0 Å². The molecule has 2 atom stereocenters. The fraction of sp³-hybridized carbons (Fsp3) is 0.250. The Morgan fingerprint density at radius 1 is 0.895 bits per heavy atom. The molecule has 1 unspecified atom stereocenters. The van der Waals surface area contributed by atoms with Gasteiger partial charge in [-0.25, -0.2) is 0 Å². The van der Waals surface area contributed by atoms with Gasteiger partial charge in [0.2, 0.25) is 0 Å². The summed E-state index contributed by atoms with van der Waals surface area (Å²) in [5.74, 6) is 0.680. The topological polar surface area (TPSA) is 49.7 Å². The smallest absolute Gasteiger partial charge is 0.119 e. The third-order valence-corrected chi connectivity index (χ3v) is 2.95. The van der Waals surface area contributed by atoms with Gasteiger partial charge in [0.1, 0.15) is 18.5 Å². The Morgan fingerprint density at radius 2 is 1.53 bits per heavy atom. The van der Waals surface area contributed by atoms with E-state index in [1.54, 1.807) is 19.1 Å². The highest BCUT2D eigenvalue weighted by atomic mass is 16.5. The number of benzene rings is 2. The summed E-state index contributed by atoms with van der Waals surface area (Å²) in [4.78, 5) is 0. The van der Waals surface area contributed by atoms with Crippen molar-refractivity contribution in [1.82, 2.24) is 0 Å². The zero-order chi connectivity index (χ0) is 13.7. The predicted octanol–water partition coefficient (Wildman–Crippen LogP) is 2.85. The van der Waals surface area contributed by atoms with E-state index in [4.69, 9.17) is 4.74 Å². The fourth-order valence-corrected chi connectivity index (χ4v) is 1.79. The van der Waals surface area contributed by atoms with Crippen molar-refractivity contribution in [3.63, 3.8) is 0 Å². The van der Waals surface area contributed by atoms with Gasteiger partial charge in [-0.3, -0.25) is 0 Å². The summed E-state index contributed by atoms with van der Waals surface area (Å²) in [6.07, 6.45) is -1.12. The molecule has 0 spiro atoms. The van der Waals surface area contributed by atoms with Crippen LogP contribution in [0.25, 0.3) is 0 Å². The number of ether oxygens (including phenoxy) is 1. The fourth-order valence-electron chi connectivity index (χ4n) is 1.79. The van der Waals surface area contributed by atoms with Crippen LogP contribution in [0.1, 0.15) is 30.3 Å². The lowest BCUT2D eigenvalue weighted by Crippen LogP contribution is -2.09. The van der Waals surface area contributed by atoms with Crippen LogP contribution in [0, 0.1) is 0 Å². The summed E-state index contributed by atoms with van der Waals surface area (Å²) in [6.45, 7) is 1.92. The van der Waals surface area contributed by atoms with E-state index < -0.39 is 12.2 Å². The van der Waals surface area contributed by atoms with Crippen molar-refractivity contribution in [2.75, 3.05) is 6.61 Å². The van der Waals surface area contributed by atoms with Crippen molar-refractivity contribution >= 4 is 0 Å². The van der Waals surface area contributed by atoms with Crippen LogP contribution in [-0.2, 0) is 0 Å². The first-order valence-electron chi connectivity index (χ1n) is 6.30. The number of hydrogen-bond acceptors (Lipinski definition) is 3. The molecule has 2 rings (SSSR count). The molecule has 2 aromatic rings.